The largest absolute Gasteiger partial charge is 0.352 e. The number of carbonyl (C=O) groups is 1. The molecule has 0 bridgehead atoms. The minimum atomic E-state index is -3.60. The fraction of sp³-hybridized carbons (Fsp3) is 0.500. The van der Waals surface area contributed by atoms with Crippen molar-refractivity contribution < 1.29 is 13.2 Å². The third kappa shape index (κ3) is 4.71. The van der Waals surface area contributed by atoms with Crippen molar-refractivity contribution in [3.63, 3.8) is 0 Å². The molecule has 1 aromatic rings. The van der Waals surface area contributed by atoms with Gasteiger partial charge < -0.3 is 11.1 Å². The second-order valence-electron chi connectivity index (χ2n) is 6.04. The summed E-state index contributed by atoms with van der Waals surface area (Å²) in [6.07, 6.45) is 1.50. The number of hydrogen-bond acceptors (Lipinski definition) is 5. The number of nitrogens with one attached hydrogen (secondary N) is 2. The number of hydrogen-bond donors (Lipinski definition) is 3. The number of aliphatic imine (C=N–C) groups is 1. The van der Waals surface area contributed by atoms with E-state index in [1.54, 1.807) is 25.1 Å². The highest BCUT2D eigenvalue weighted by Gasteiger charge is 2.31. The number of benzene rings is 1. The van der Waals surface area contributed by atoms with Gasteiger partial charge in [-0.1, -0.05) is 26.0 Å². The molecule has 1 aromatic carbocycles. The first-order valence-electron chi connectivity index (χ1n) is 7.99. The molecule has 0 aromatic heterocycles. The summed E-state index contributed by atoms with van der Waals surface area (Å²) in [4.78, 5) is 16.6. The molecule has 1 atom stereocenters. The summed E-state index contributed by atoms with van der Waals surface area (Å²) in [5.41, 5.74) is 6.20. The van der Waals surface area contributed by atoms with Gasteiger partial charge in [-0.2, -0.15) is 0 Å². The molecule has 9 heteroatoms. The number of nitrogens with zero attached hydrogens (tertiary/aromatic N) is 1. The maximum atomic E-state index is 12.2. The molecular weight excluding hydrogens is 364 g/mol. The molecule has 1 amide bonds. The molecule has 0 saturated carbocycles. The van der Waals surface area contributed by atoms with E-state index in [0.29, 0.717) is 12.1 Å². The molecule has 0 aliphatic carbocycles. The van der Waals surface area contributed by atoms with Crippen molar-refractivity contribution in [1.29, 1.82) is 0 Å². The van der Waals surface area contributed by atoms with E-state index in [-0.39, 0.29) is 29.0 Å². The van der Waals surface area contributed by atoms with Gasteiger partial charge in [-0.15, -0.1) is 12.4 Å². The van der Waals surface area contributed by atoms with Crippen molar-refractivity contribution in [3.05, 3.63) is 29.8 Å². The maximum Gasteiger partial charge on any atom is 0.263 e. The summed E-state index contributed by atoms with van der Waals surface area (Å²) in [6.45, 7) is 5.93. The Labute approximate surface area is 154 Å². The minimum Gasteiger partial charge on any atom is -0.352 e. The van der Waals surface area contributed by atoms with Gasteiger partial charge in [-0.3, -0.25) is 14.5 Å². The highest BCUT2D eigenvalue weighted by Crippen LogP contribution is 2.22. The number of amides is 1. The van der Waals surface area contributed by atoms with E-state index >= 15 is 0 Å². The van der Waals surface area contributed by atoms with Gasteiger partial charge in [0.15, 0.2) is 0 Å². The summed E-state index contributed by atoms with van der Waals surface area (Å²) >= 11 is 0. The fourth-order valence-corrected chi connectivity index (χ4v) is 3.63. The topological polar surface area (TPSA) is 114 Å². The highest BCUT2D eigenvalue weighted by atomic mass is 35.5. The molecule has 7 nitrogen and oxygen atoms in total. The molecule has 1 heterocycles. The maximum absolute atomic E-state index is 12.2. The zero-order valence-electron chi connectivity index (χ0n) is 14.6. The van der Waals surface area contributed by atoms with Crippen LogP contribution in [0.3, 0.4) is 0 Å². The van der Waals surface area contributed by atoms with Gasteiger partial charge in [0.25, 0.3) is 10.0 Å². The van der Waals surface area contributed by atoms with E-state index in [1.165, 1.54) is 6.07 Å². The van der Waals surface area contributed by atoms with Crippen LogP contribution in [-0.2, 0) is 14.8 Å². The van der Waals surface area contributed by atoms with Gasteiger partial charge in [-0.05, 0) is 31.9 Å². The lowest BCUT2D eigenvalue weighted by molar-refractivity contribution is -0.122. The Morgan fingerprint density at radius 1 is 1.32 bits per heavy atom. The van der Waals surface area contributed by atoms with Crippen LogP contribution in [0.4, 0.5) is 0 Å². The molecule has 25 heavy (non-hydrogen) atoms. The first-order chi connectivity index (χ1) is 11.2. The summed E-state index contributed by atoms with van der Waals surface area (Å²) in [7, 11) is -3.60. The third-order valence-corrected chi connectivity index (χ3v) is 5.78. The zero-order valence-corrected chi connectivity index (χ0v) is 16.2. The van der Waals surface area contributed by atoms with Gasteiger partial charge in [-0.25, -0.2) is 8.42 Å². The summed E-state index contributed by atoms with van der Waals surface area (Å²) in [5.74, 6) is -0.0963. The quantitative estimate of drug-likeness (QED) is 0.678. The number of carbonyl (C=O) groups excluding carboxylic acids is 1. The predicted molar refractivity (Wildman–Crippen MR) is 101 cm³/mol. The summed E-state index contributed by atoms with van der Waals surface area (Å²) in [6, 6.07) is 5.82. The van der Waals surface area contributed by atoms with Crippen LogP contribution >= 0.6 is 12.4 Å². The SMILES string of the molecule is CCC(N)(CC)CNC(=O)C(C)N=C1NS(=O)(=O)c2ccccc21.Cl. The molecule has 0 spiro atoms. The number of rotatable bonds is 6. The van der Waals surface area contributed by atoms with Crippen molar-refractivity contribution in [2.75, 3.05) is 6.54 Å². The molecule has 0 radical (unpaired) electrons. The summed E-state index contributed by atoms with van der Waals surface area (Å²) in [5, 5.41) is 2.80. The Bertz CT molecular complexity index is 760. The Kier molecular flexibility index (Phi) is 6.99. The van der Waals surface area contributed by atoms with Gasteiger partial charge >= 0.3 is 0 Å². The number of fused-ring (bicyclic) bond motifs is 1. The zero-order chi connectivity index (χ0) is 18.0. The second-order valence-corrected chi connectivity index (χ2v) is 7.69. The van der Waals surface area contributed by atoms with Crippen molar-refractivity contribution in [1.82, 2.24) is 10.0 Å². The molecule has 0 fully saturated rings. The van der Waals surface area contributed by atoms with E-state index in [2.05, 4.69) is 15.0 Å². The Hall–Kier alpha value is -1.64. The number of nitrogens with two attached hydrogens (primary N) is 1. The predicted octanol–water partition coefficient (Wildman–Crippen LogP) is 1.17. The van der Waals surface area contributed by atoms with Gasteiger partial charge in [0.1, 0.15) is 11.9 Å². The van der Waals surface area contributed by atoms with E-state index in [1.807, 2.05) is 13.8 Å². The number of sulfonamides is 1. The molecule has 1 aliphatic rings. The lowest BCUT2D eigenvalue weighted by Gasteiger charge is -2.27. The van der Waals surface area contributed by atoms with E-state index in [4.69, 9.17) is 5.73 Å². The molecule has 4 N–H and O–H groups in total. The highest BCUT2D eigenvalue weighted by molar-refractivity contribution is 7.90. The first kappa shape index (κ1) is 21.4. The standard InChI is InChI=1S/C16H24N4O3S.ClH/c1-4-16(17,5-2)10-18-15(21)11(3)19-14-12-8-6-7-9-13(12)24(22,23)20-14;/h6-9,11H,4-5,10,17H2,1-3H3,(H,18,21)(H,19,20);1H. The van der Waals surface area contributed by atoms with E-state index in [9.17, 15) is 13.2 Å². The summed E-state index contributed by atoms with van der Waals surface area (Å²) < 4.78 is 26.5. The van der Waals surface area contributed by atoms with Crippen LogP contribution in [0.25, 0.3) is 0 Å². The van der Waals surface area contributed by atoms with Gasteiger partial charge in [0.05, 0.1) is 4.90 Å². The minimum absolute atomic E-state index is 0. The number of halogens is 1. The van der Waals surface area contributed by atoms with Crippen molar-refractivity contribution in [2.24, 2.45) is 10.7 Å². The van der Waals surface area contributed by atoms with Crippen molar-refractivity contribution in [3.8, 4) is 0 Å². The molecule has 0 saturated heterocycles. The number of amidine groups is 1. The van der Waals surface area contributed by atoms with Crippen LogP contribution in [0.1, 0.15) is 39.2 Å². The lowest BCUT2D eigenvalue weighted by atomic mass is 9.94. The first-order valence-corrected chi connectivity index (χ1v) is 9.47. The molecule has 2 rings (SSSR count). The van der Waals surface area contributed by atoms with Gasteiger partial charge in [0.2, 0.25) is 5.91 Å². The van der Waals surface area contributed by atoms with E-state index < -0.39 is 21.6 Å². The monoisotopic (exact) mass is 388 g/mol. The average molecular weight is 389 g/mol. The smallest absolute Gasteiger partial charge is 0.263 e. The molecule has 1 unspecified atom stereocenters. The Morgan fingerprint density at radius 3 is 2.52 bits per heavy atom. The van der Waals surface area contributed by atoms with E-state index in [0.717, 1.165) is 12.8 Å². The molecule has 140 valence electrons. The van der Waals surface area contributed by atoms with Crippen LogP contribution < -0.4 is 15.8 Å². The van der Waals surface area contributed by atoms with Gasteiger partial charge in [0, 0.05) is 17.6 Å². The normalized spacial score (nSPS) is 18.0. The second kappa shape index (κ2) is 8.16. The fourth-order valence-electron chi connectivity index (χ4n) is 2.39. The Balaban J connectivity index is 0.00000312. The van der Waals surface area contributed by atoms with Crippen molar-refractivity contribution in [2.45, 2.75) is 50.1 Å². The third-order valence-electron chi connectivity index (χ3n) is 4.39. The van der Waals surface area contributed by atoms with Crippen LogP contribution in [0, 0.1) is 0 Å². The molecule has 1 aliphatic heterocycles. The van der Waals surface area contributed by atoms with Crippen LogP contribution in [0.2, 0.25) is 0 Å². The Morgan fingerprint density at radius 2 is 1.92 bits per heavy atom. The van der Waals surface area contributed by atoms with Crippen LogP contribution in [0.5, 0.6) is 0 Å². The van der Waals surface area contributed by atoms with Crippen molar-refractivity contribution >= 4 is 34.2 Å². The average Bonchev–Trinajstić information content (AvgIpc) is 2.83. The molecular formula is C16H25ClN4O3S. The lowest BCUT2D eigenvalue weighted by Crippen LogP contribution is -2.50. The van der Waals surface area contributed by atoms with Crippen LogP contribution in [0.15, 0.2) is 34.2 Å². The van der Waals surface area contributed by atoms with Crippen LogP contribution in [-0.4, -0.2) is 38.3 Å².